The highest BCUT2D eigenvalue weighted by atomic mass is 35.5. The Balaban J connectivity index is 2.30. The second kappa shape index (κ2) is 7.60. The minimum Gasteiger partial charge on any atom is -0.396 e. The molecule has 0 heterocycles. The predicted molar refractivity (Wildman–Crippen MR) is 87.3 cm³/mol. The van der Waals surface area contributed by atoms with Crippen LogP contribution in [0, 0.1) is 10.1 Å². The van der Waals surface area contributed by atoms with Gasteiger partial charge in [-0.1, -0.05) is 29.4 Å². The van der Waals surface area contributed by atoms with E-state index in [0.717, 1.165) is 4.90 Å². The molecule has 1 unspecified atom stereocenters. The third-order valence-electron chi connectivity index (χ3n) is 3.09. The lowest BCUT2D eigenvalue weighted by Gasteiger charge is -2.11. The number of nitro benzene ring substituents is 1. The predicted octanol–water partition coefficient (Wildman–Crippen LogP) is 3.78. The Bertz CT molecular complexity index is 664. The quantitative estimate of drug-likeness (QED) is 0.618. The topological polar surface area (TPSA) is 89.4 Å². The summed E-state index contributed by atoms with van der Waals surface area (Å²) in [5.41, 5.74) is 6.54. The number of hydrogen-bond acceptors (Lipinski definition) is 5. The van der Waals surface area contributed by atoms with Gasteiger partial charge in [0.2, 0.25) is 0 Å². The lowest BCUT2D eigenvalue weighted by molar-refractivity contribution is -0.387. The van der Waals surface area contributed by atoms with Gasteiger partial charge in [-0.15, -0.1) is 0 Å². The third kappa shape index (κ3) is 4.20. The number of halogens is 1. The van der Waals surface area contributed by atoms with Gasteiger partial charge < -0.3 is 10.8 Å². The van der Waals surface area contributed by atoms with Crippen LogP contribution in [0.15, 0.2) is 52.3 Å². The molecule has 0 saturated heterocycles. The van der Waals surface area contributed by atoms with Gasteiger partial charge in [0.1, 0.15) is 0 Å². The van der Waals surface area contributed by atoms with Gasteiger partial charge in [0.15, 0.2) is 0 Å². The van der Waals surface area contributed by atoms with Crippen LogP contribution >= 0.6 is 23.4 Å². The first kappa shape index (κ1) is 16.8. The highest BCUT2D eigenvalue weighted by molar-refractivity contribution is 7.99. The first-order valence-electron chi connectivity index (χ1n) is 6.59. The van der Waals surface area contributed by atoms with E-state index in [9.17, 15) is 10.1 Å². The van der Waals surface area contributed by atoms with Crippen LogP contribution in [0.25, 0.3) is 0 Å². The van der Waals surface area contributed by atoms with Gasteiger partial charge >= 0.3 is 0 Å². The zero-order chi connectivity index (χ0) is 16.1. The van der Waals surface area contributed by atoms with E-state index in [2.05, 4.69) is 0 Å². The van der Waals surface area contributed by atoms with E-state index in [-0.39, 0.29) is 12.3 Å². The molecule has 22 heavy (non-hydrogen) atoms. The molecule has 1 atom stereocenters. The molecule has 0 radical (unpaired) electrons. The molecule has 3 N–H and O–H groups in total. The summed E-state index contributed by atoms with van der Waals surface area (Å²) in [6.45, 7) is -0.0593. The summed E-state index contributed by atoms with van der Waals surface area (Å²) in [6, 6.07) is 11.6. The summed E-state index contributed by atoms with van der Waals surface area (Å²) >= 11 is 7.12. The Morgan fingerprint density at radius 1 is 1.27 bits per heavy atom. The average molecular weight is 339 g/mol. The largest absolute Gasteiger partial charge is 0.396 e. The summed E-state index contributed by atoms with van der Waals surface area (Å²) in [6.07, 6.45) is 0.362. The van der Waals surface area contributed by atoms with Crippen molar-refractivity contribution >= 4 is 29.1 Å². The van der Waals surface area contributed by atoms with Gasteiger partial charge in [0.05, 0.1) is 9.82 Å². The second-order valence-corrected chi connectivity index (χ2v) is 6.21. The number of hydrogen-bond donors (Lipinski definition) is 2. The van der Waals surface area contributed by atoms with Crippen LogP contribution in [-0.2, 0) is 0 Å². The molecule has 0 amide bonds. The minimum absolute atomic E-state index is 0.00541. The Kier molecular flexibility index (Phi) is 5.79. The highest BCUT2D eigenvalue weighted by Gasteiger charge is 2.18. The smallest absolute Gasteiger partial charge is 0.283 e. The van der Waals surface area contributed by atoms with E-state index >= 15 is 0 Å². The molecule has 116 valence electrons. The normalized spacial score (nSPS) is 12.1. The molecule has 0 aromatic heterocycles. The van der Waals surface area contributed by atoms with E-state index in [4.69, 9.17) is 22.4 Å². The molecule has 0 saturated carbocycles. The summed E-state index contributed by atoms with van der Waals surface area (Å²) in [5.74, 6) is 0. The highest BCUT2D eigenvalue weighted by Crippen LogP contribution is 2.36. The molecule has 0 fully saturated rings. The molecule has 2 aromatic carbocycles. The zero-order valence-electron chi connectivity index (χ0n) is 11.6. The number of nitrogens with two attached hydrogens (primary N) is 1. The maximum absolute atomic E-state index is 11.3. The Hall–Kier alpha value is -1.60. The van der Waals surface area contributed by atoms with Crippen molar-refractivity contribution in [2.75, 3.05) is 6.61 Å². The zero-order valence-corrected chi connectivity index (χ0v) is 13.2. The van der Waals surface area contributed by atoms with Gasteiger partial charge in [0.25, 0.3) is 5.69 Å². The summed E-state index contributed by atoms with van der Waals surface area (Å²) < 4.78 is 0. The number of aliphatic hydroxyl groups excluding tert-OH is 1. The van der Waals surface area contributed by atoms with Crippen molar-refractivity contribution in [3.8, 4) is 0 Å². The van der Waals surface area contributed by atoms with Crippen molar-refractivity contribution in [2.24, 2.45) is 5.73 Å². The van der Waals surface area contributed by atoms with Crippen LogP contribution in [0.5, 0.6) is 0 Å². The molecule has 0 aliphatic carbocycles. The van der Waals surface area contributed by atoms with E-state index in [1.54, 1.807) is 24.3 Å². The molecule has 0 bridgehead atoms. The van der Waals surface area contributed by atoms with Crippen LogP contribution in [0.1, 0.15) is 18.0 Å². The third-order valence-corrected chi connectivity index (χ3v) is 4.41. The number of benzene rings is 2. The maximum atomic E-state index is 11.3. The van der Waals surface area contributed by atoms with Crippen LogP contribution in [0.3, 0.4) is 0 Å². The van der Waals surface area contributed by atoms with Crippen LogP contribution < -0.4 is 5.73 Å². The number of aliphatic hydroxyl groups is 1. The van der Waals surface area contributed by atoms with Crippen molar-refractivity contribution < 1.29 is 10.0 Å². The number of rotatable bonds is 6. The Labute approximate surface area is 137 Å². The molecule has 0 aliphatic heterocycles. The number of nitro groups is 1. The average Bonchev–Trinajstić information content (AvgIpc) is 2.50. The standard InChI is InChI=1S/C15H15ClN2O3S/c16-11-2-4-12(5-3-11)22-15-6-1-10(13(17)7-8-19)9-14(15)18(20)21/h1-6,9,13,19H,7-8,17H2. The van der Waals surface area contributed by atoms with Gasteiger partial charge in [-0.25, -0.2) is 0 Å². The van der Waals surface area contributed by atoms with Crippen LogP contribution in [0.4, 0.5) is 5.69 Å². The van der Waals surface area contributed by atoms with E-state index in [1.165, 1.54) is 17.8 Å². The lowest BCUT2D eigenvalue weighted by atomic mass is 10.0. The fraction of sp³-hybridized carbons (Fsp3) is 0.200. The van der Waals surface area contributed by atoms with Crippen LogP contribution in [0.2, 0.25) is 5.02 Å². The molecule has 5 nitrogen and oxygen atoms in total. The maximum Gasteiger partial charge on any atom is 0.283 e. The molecular formula is C15H15ClN2O3S. The Morgan fingerprint density at radius 2 is 1.95 bits per heavy atom. The molecule has 7 heteroatoms. The van der Waals surface area contributed by atoms with Crippen molar-refractivity contribution in [1.82, 2.24) is 0 Å². The van der Waals surface area contributed by atoms with E-state index in [1.807, 2.05) is 12.1 Å². The summed E-state index contributed by atoms with van der Waals surface area (Å²) in [5, 5.41) is 20.8. The fourth-order valence-electron chi connectivity index (χ4n) is 1.93. The molecule has 0 aliphatic rings. The van der Waals surface area contributed by atoms with Crippen molar-refractivity contribution in [3.05, 3.63) is 63.2 Å². The molecule has 2 rings (SSSR count). The SMILES string of the molecule is NC(CCO)c1ccc(Sc2ccc(Cl)cc2)c([N+](=O)[O-])c1. The summed E-state index contributed by atoms with van der Waals surface area (Å²) in [7, 11) is 0. The Morgan fingerprint density at radius 3 is 2.55 bits per heavy atom. The van der Waals surface area contributed by atoms with Crippen LogP contribution in [-0.4, -0.2) is 16.6 Å². The molecular weight excluding hydrogens is 324 g/mol. The second-order valence-electron chi connectivity index (χ2n) is 4.66. The number of nitrogens with zero attached hydrogens (tertiary/aromatic N) is 1. The van der Waals surface area contributed by atoms with E-state index in [0.29, 0.717) is 21.9 Å². The molecule has 0 spiro atoms. The summed E-state index contributed by atoms with van der Waals surface area (Å²) in [4.78, 5) is 12.3. The first-order valence-corrected chi connectivity index (χ1v) is 7.79. The van der Waals surface area contributed by atoms with Gasteiger partial charge in [0, 0.05) is 28.6 Å². The lowest BCUT2D eigenvalue weighted by Crippen LogP contribution is -2.12. The van der Waals surface area contributed by atoms with Gasteiger partial charge in [-0.05, 0) is 42.3 Å². The molecule has 2 aromatic rings. The van der Waals surface area contributed by atoms with Gasteiger partial charge in [-0.3, -0.25) is 10.1 Å². The van der Waals surface area contributed by atoms with Crippen molar-refractivity contribution in [1.29, 1.82) is 0 Å². The van der Waals surface area contributed by atoms with Gasteiger partial charge in [-0.2, -0.15) is 0 Å². The first-order chi connectivity index (χ1) is 10.5. The van der Waals surface area contributed by atoms with E-state index < -0.39 is 11.0 Å². The fourth-order valence-corrected chi connectivity index (χ4v) is 2.96. The van der Waals surface area contributed by atoms with Crippen molar-refractivity contribution in [2.45, 2.75) is 22.3 Å². The monoisotopic (exact) mass is 338 g/mol. The van der Waals surface area contributed by atoms with Crippen molar-refractivity contribution in [3.63, 3.8) is 0 Å². The minimum atomic E-state index is -0.423.